The lowest BCUT2D eigenvalue weighted by molar-refractivity contribution is -0.134. The Morgan fingerprint density at radius 2 is 1.85 bits per heavy atom. The number of amides is 3. The van der Waals surface area contributed by atoms with Gasteiger partial charge in [0.05, 0.1) is 5.69 Å². The van der Waals surface area contributed by atoms with Gasteiger partial charge in [-0.2, -0.15) is 0 Å². The van der Waals surface area contributed by atoms with Gasteiger partial charge in [-0.15, -0.1) is 0 Å². The molecule has 2 heterocycles. The molecule has 1 fully saturated rings. The Hall–Kier alpha value is -2.57. The monoisotopic (exact) mass is 359 g/mol. The van der Waals surface area contributed by atoms with E-state index >= 15 is 0 Å². The normalized spacial score (nSPS) is 20.2. The molecule has 0 radical (unpaired) electrons. The molecule has 0 bridgehead atoms. The average molecular weight is 359 g/mol. The van der Waals surface area contributed by atoms with Gasteiger partial charge in [0.25, 0.3) is 11.8 Å². The Labute approximate surface area is 153 Å². The van der Waals surface area contributed by atoms with Gasteiger partial charge in [-0.05, 0) is 31.5 Å². The van der Waals surface area contributed by atoms with Crippen LogP contribution in [0.3, 0.4) is 0 Å². The molecule has 1 N–H and O–H groups in total. The van der Waals surface area contributed by atoms with Crippen molar-refractivity contribution in [1.29, 1.82) is 0 Å². The topological polar surface area (TPSA) is 79.0 Å². The van der Waals surface area contributed by atoms with Crippen molar-refractivity contribution in [2.75, 3.05) is 31.5 Å². The first-order valence-electron chi connectivity index (χ1n) is 9.06. The van der Waals surface area contributed by atoms with Crippen LogP contribution in [0.15, 0.2) is 18.2 Å². The lowest BCUT2D eigenvalue weighted by Gasteiger charge is -2.25. The van der Waals surface area contributed by atoms with E-state index in [1.807, 2.05) is 18.7 Å². The summed E-state index contributed by atoms with van der Waals surface area (Å²) in [5.41, 5.74) is 1.02. The maximum absolute atomic E-state index is 12.9. The molecule has 0 aromatic heterocycles. The maximum Gasteiger partial charge on any atom is 0.265 e. The molecule has 3 amide bonds. The summed E-state index contributed by atoms with van der Waals surface area (Å²) in [5.74, 6) is 0.336. The first-order chi connectivity index (χ1) is 12.4. The van der Waals surface area contributed by atoms with E-state index in [1.165, 1.54) is 0 Å². The molecule has 1 aromatic rings. The molecule has 140 valence electrons. The van der Waals surface area contributed by atoms with Gasteiger partial charge in [0.2, 0.25) is 5.91 Å². The van der Waals surface area contributed by atoms with Gasteiger partial charge < -0.3 is 19.9 Å². The van der Waals surface area contributed by atoms with Gasteiger partial charge in [-0.3, -0.25) is 14.4 Å². The van der Waals surface area contributed by atoms with E-state index in [-0.39, 0.29) is 23.6 Å². The second-order valence-corrected chi connectivity index (χ2v) is 7.09. The Morgan fingerprint density at radius 3 is 2.58 bits per heavy atom. The lowest BCUT2D eigenvalue weighted by atomic mass is 10.1. The van der Waals surface area contributed by atoms with Crippen molar-refractivity contribution < 1.29 is 19.1 Å². The van der Waals surface area contributed by atoms with Gasteiger partial charge >= 0.3 is 0 Å². The van der Waals surface area contributed by atoms with Gasteiger partial charge in [-0.1, -0.05) is 13.8 Å². The second-order valence-electron chi connectivity index (χ2n) is 7.09. The number of ether oxygens (including phenoxy) is 1. The van der Waals surface area contributed by atoms with Crippen LogP contribution in [0.5, 0.6) is 5.75 Å². The molecule has 7 nitrogen and oxygen atoms in total. The fourth-order valence-corrected chi connectivity index (χ4v) is 3.23. The van der Waals surface area contributed by atoms with Crippen LogP contribution in [0.25, 0.3) is 0 Å². The lowest BCUT2D eigenvalue weighted by Crippen LogP contribution is -2.39. The summed E-state index contributed by atoms with van der Waals surface area (Å²) in [5, 5.41) is 2.77. The van der Waals surface area contributed by atoms with Gasteiger partial charge in [0.1, 0.15) is 5.75 Å². The van der Waals surface area contributed by atoms with E-state index in [0.29, 0.717) is 43.2 Å². The number of nitrogens with zero attached hydrogens (tertiary/aromatic N) is 2. The Morgan fingerprint density at radius 1 is 1.15 bits per heavy atom. The zero-order valence-corrected chi connectivity index (χ0v) is 15.4. The van der Waals surface area contributed by atoms with Crippen LogP contribution in [0, 0.1) is 5.92 Å². The molecule has 2 aliphatic rings. The number of carbonyl (C=O) groups is 3. The smallest absolute Gasteiger partial charge is 0.265 e. The highest BCUT2D eigenvalue weighted by molar-refractivity contribution is 6.01. The van der Waals surface area contributed by atoms with E-state index in [4.69, 9.17) is 4.74 Å². The van der Waals surface area contributed by atoms with Crippen LogP contribution in [-0.4, -0.2) is 59.8 Å². The van der Waals surface area contributed by atoms with E-state index < -0.39 is 6.10 Å². The summed E-state index contributed by atoms with van der Waals surface area (Å²) in [6, 6.07) is 5.08. The predicted octanol–water partition coefficient (Wildman–Crippen LogP) is 1.74. The molecule has 0 aliphatic carbocycles. The summed E-state index contributed by atoms with van der Waals surface area (Å²) < 4.78 is 5.53. The highest BCUT2D eigenvalue weighted by Crippen LogP contribution is 2.30. The molecular formula is C19H25N3O4. The van der Waals surface area contributed by atoms with Crippen LogP contribution in [0.2, 0.25) is 0 Å². The third-order valence-corrected chi connectivity index (χ3v) is 4.75. The van der Waals surface area contributed by atoms with Crippen LogP contribution in [0.4, 0.5) is 5.69 Å². The fourth-order valence-electron chi connectivity index (χ4n) is 3.23. The molecule has 7 heteroatoms. The van der Waals surface area contributed by atoms with E-state index in [9.17, 15) is 14.4 Å². The maximum atomic E-state index is 12.9. The number of rotatable bonds is 2. The number of nitrogens with one attached hydrogen (secondary N) is 1. The predicted molar refractivity (Wildman–Crippen MR) is 97.1 cm³/mol. The van der Waals surface area contributed by atoms with Crippen molar-refractivity contribution in [2.24, 2.45) is 5.92 Å². The summed E-state index contributed by atoms with van der Waals surface area (Å²) >= 11 is 0. The highest BCUT2D eigenvalue weighted by atomic mass is 16.5. The number of anilines is 1. The Bertz CT molecular complexity index is 731. The van der Waals surface area contributed by atoms with Crippen LogP contribution < -0.4 is 10.1 Å². The summed E-state index contributed by atoms with van der Waals surface area (Å²) in [7, 11) is 0. The van der Waals surface area contributed by atoms with Crippen molar-refractivity contribution in [3.05, 3.63) is 23.8 Å². The average Bonchev–Trinajstić information content (AvgIpc) is 2.87. The third-order valence-electron chi connectivity index (χ3n) is 4.75. The van der Waals surface area contributed by atoms with E-state index in [2.05, 4.69) is 5.32 Å². The van der Waals surface area contributed by atoms with Crippen molar-refractivity contribution in [3.8, 4) is 5.75 Å². The van der Waals surface area contributed by atoms with Gasteiger partial charge in [-0.25, -0.2) is 0 Å². The van der Waals surface area contributed by atoms with E-state index in [1.54, 1.807) is 30.0 Å². The van der Waals surface area contributed by atoms with Crippen molar-refractivity contribution in [1.82, 2.24) is 9.80 Å². The third kappa shape index (κ3) is 3.66. The molecule has 0 spiro atoms. The minimum absolute atomic E-state index is 0.0381. The standard InChI is InChI=1S/C19H25N3O4/c1-12(2)18(24)21-7-4-8-22(10-9-21)19(25)14-5-6-16-15(11-14)20-17(23)13(3)26-16/h5-6,11-13H,4,7-10H2,1-3H3,(H,20,23). The second kappa shape index (κ2) is 7.35. The molecular weight excluding hydrogens is 334 g/mol. The van der Waals surface area contributed by atoms with Crippen molar-refractivity contribution in [2.45, 2.75) is 33.3 Å². The molecule has 1 unspecified atom stereocenters. The first-order valence-corrected chi connectivity index (χ1v) is 9.06. The number of hydrogen-bond donors (Lipinski definition) is 1. The SMILES string of the molecule is CC(C)C(=O)N1CCCN(C(=O)c2ccc3c(c2)NC(=O)C(C)O3)CC1. The van der Waals surface area contributed by atoms with Crippen LogP contribution in [0.1, 0.15) is 37.6 Å². The number of carbonyl (C=O) groups excluding carboxylic acids is 3. The molecule has 3 rings (SSSR count). The van der Waals surface area contributed by atoms with Crippen molar-refractivity contribution in [3.63, 3.8) is 0 Å². The Kier molecular flexibility index (Phi) is 5.15. The zero-order chi connectivity index (χ0) is 18.8. The Balaban J connectivity index is 1.71. The summed E-state index contributed by atoms with van der Waals surface area (Å²) in [6.07, 6.45) is 0.214. The largest absolute Gasteiger partial charge is 0.479 e. The molecule has 1 aromatic carbocycles. The van der Waals surface area contributed by atoms with Gasteiger partial charge in [0, 0.05) is 37.7 Å². The molecule has 26 heavy (non-hydrogen) atoms. The molecule has 1 saturated heterocycles. The first kappa shape index (κ1) is 18.2. The number of benzene rings is 1. The zero-order valence-electron chi connectivity index (χ0n) is 15.4. The molecule has 2 aliphatic heterocycles. The summed E-state index contributed by atoms with van der Waals surface area (Å²) in [6.45, 7) is 7.80. The minimum atomic E-state index is -0.542. The molecule has 0 saturated carbocycles. The summed E-state index contributed by atoms with van der Waals surface area (Å²) in [4.78, 5) is 40.4. The molecule has 1 atom stereocenters. The number of hydrogen-bond acceptors (Lipinski definition) is 4. The van der Waals surface area contributed by atoms with Crippen molar-refractivity contribution >= 4 is 23.4 Å². The minimum Gasteiger partial charge on any atom is -0.479 e. The van der Waals surface area contributed by atoms with Crippen LogP contribution in [-0.2, 0) is 9.59 Å². The number of fused-ring (bicyclic) bond motifs is 1. The van der Waals surface area contributed by atoms with E-state index in [0.717, 1.165) is 6.42 Å². The highest BCUT2D eigenvalue weighted by Gasteiger charge is 2.27. The quantitative estimate of drug-likeness (QED) is 0.872. The van der Waals surface area contributed by atoms with Gasteiger partial charge in [0.15, 0.2) is 6.10 Å². The van der Waals surface area contributed by atoms with Crippen LogP contribution >= 0.6 is 0 Å². The fraction of sp³-hybridized carbons (Fsp3) is 0.526.